The predicted octanol–water partition coefficient (Wildman–Crippen LogP) is 4.99. The average Bonchev–Trinajstić information content (AvgIpc) is 2.96. The van der Waals surface area contributed by atoms with Gasteiger partial charge >= 0.3 is 11.0 Å². The maximum absolute atomic E-state index is 12.1. The fourth-order valence-electron chi connectivity index (χ4n) is 2.55. The summed E-state index contributed by atoms with van der Waals surface area (Å²) in [6.45, 7) is 5.14. The van der Waals surface area contributed by atoms with Crippen LogP contribution in [0.5, 0.6) is 0 Å². The maximum Gasteiger partial charge on any atom is 0.439 e. The first kappa shape index (κ1) is 20.8. The predicted molar refractivity (Wildman–Crippen MR) is 111 cm³/mol. The van der Waals surface area contributed by atoms with Crippen molar-refractivity contribution in [1.82, 2.24) is 4.57 Å². The van der Waals surface area contributed by atoms with Crippen LogP contribution in [-0.4, -0.2) is 28.8 Å². The summed E-state index contributed by atoms with van der Waals surface area (Å²) in [5, 5.41) is 0. The summed E-state index contributed by atoms with van der Waals surface area (Å²) in [7, 11) is -0.215. The lowest BCUT2D eigenvalue weighted by molar-refractivity contribution is 0.155. The minimum atomic E-state index is -0.455. The second-order valence-corrected chi connectivity index (χ2v) is 9.04. The summed E-state index contributed by atoms with van der Waals surface area (Å²) in [6.07, 6.45) is 4.57. The van der Waals surface area contributed by atoms with Gasteiger partial charge < -0.3 is 4.74 Å². The van der Waals surface area contributed by atoms with Crippen molar-refractivity contribution in [2.24, 2.45) is 4.36 Å². The van der Waals surface area contributed by atoms with Crippen molar-refractivity contribution < 1.29 is 9.53 Å². The molecule has 0 aliphatic rings. The molecule has 0 spiro atoms. The van der Waals surface area contributed by atoms with E-state index in [1.54, 1.807) is 4.57 Å². The molecule has 0 N–H and O–H groups in total. The normalized spacial score (nSPS) is 11.2. The van der Waals surface area contributed by atoms with Gasteiger partial charge in [0.2, 0.25) is 0 Å². The average molecular weight is 397 g/mol. The number of aromatic nitrogens is 1. The number of unbranched alkanes of at least 4 members (excludes halogenated alkanes) is 2. The standard InChI is InChI=1S/C19H28N2O3S2/c1-3-5-14-26(15-6-4-2)20-18(22)24-13-9-12-21-16-10-7-8-11-17(16)25-19(21)23/h7-8,10-11H,3-6,9,12-15H2,1-2H3. The molecule has 144 valence electrons. The van der Waals surface area contributed by atoms with Crippen LogP contribution in [0.25, 0.3) is 10.2 Å². The molecule has 1 aromatic carbocycles. The molecule has 2 rings (SSSR count). The van der Waals surface area contributed by atoms with Gasteiger partial charge in [0.25, 0.3) is 0 Å². The Labute approximate surface area is 161 Å². The Morgan fingerprint density at radius 2 is 1.85 bits per heavy atom. The number of para-hydroxylation sites is 1. The van der Waals surface area contributed by atoms with Crippen molar-refractivity contribution in [3.8, 4) is 0 Å². The molecule has 5 nitrogen and oxygen atoms in total. The van der Waals surface area contributed by atoms with Crippen LogP contribution in [0.3, 0.4) is 0 Å². The SMILES string of the molecule is CCCCS(CCCC)=NC(=O)OCCCn1c(=O)sc2ccccc21. The highest BCUT2D eigenvalue weighted by Gasteiger charge is 2.08. The molecule has 1 aromatic heterocycles. The van der Waals surface area contributed by atoms with Crippen LogP contribution >= 0.6 is 11.3 Å². The van der Waals surface area contributed by atoms with Crippen LogP contribution in [0, 0.1) is 0 Å². The number of benzene rings is 1. The zero-order valence-corrected chi connectivity index (χ0v) is 17.2. The number of rotatable bonds is 10. The first-order valence-electron chi connectivity index (χ1n) is 9.30. The van der Waals surface area contributed by atoms with E-state index in [4.69, 9.17) is 4.74 Å². The molecule has 0 bridgehead atoms. The molecule has 7 heteroatoms. The minimum absolute atomic E-state index is 0.0305. The van der Waals surface area contributed by atoms with E-state index in [1.165, 1.54) is 11.3 Å². The Hall–Kier alpha value is -1.47. The number of amides is 1. The third-order valence-electron chi connectivity index (χ3n) is 4.00. The van der Waals surface area contributed by atoms with Gasteiger partial charge in [-0.1, -0.05) is 60.8 Å². The number of thiazole rings is 1. The van der Waals surface area contributed by atoms with Crippen molar-refractivity contribution in [3.63, 3.8) is 0 Å². The van der Waals surface area contributed by atoms with Gasteiger partial charge in [0.1, 0.15) is 0 Å². The second-order valence-electron chi connectivity index (χ2n) is 6.12. The van der Waals surface area contributed by atoms with Gasteiger partial charge in [-0.15, -0.1) is 0 Å². The molecule has 2 aromatic rings. The van der Waals surface area contributed by atoms with E-state index in [0.717, 1.165) is 47.4 Å². The topological polar surface area (TPSA) is 60.7 Å². The molecule has 0 unspecified atom stereocenters. The van der Waals surface area contributed by atoms with Crippen molar-refractivity contribution in [1.29, 1.82) is 0 Å². The highest BCUT2D eigenvalue weighted by atomic mass is 32.2. The van der Waals surface area contributed by atoms with Crippen LogP contribution in [-0.2, 0) is 22.0 Å². The summed E-state index contributed by atoms with van der Waals surface area (Å²) < 4.78 is 12.3. The van der Waals surface area contributed by atoms with E-state index < -0.39 is 6.09 Å². The molecular weight excluding hydrogens is 368 g/mol. The monoisotopic (exact) mass is 396 g/mol. The minimum Gasteiger partial charge on any atom is -0.447 e. The maximum atomic E-state index is 12.1. The van der Waals surface area contributed by atoms with Crippen molar-refractivity contribution in [2.45, 2.75) is 52.5 Å². The van der Waals surface area contributed by atoms with Gasteiger partial charge in [-0.05, 0) is 31.4 Å². The summed E-state index contributed by atoms with van der Waals surface area (Å²) >= 11 is 1.25. The first-order chi connectivity index (χ1) is 12.7. The van der Waals surface area contributed by atoms with Gasteiger partial charge in [0, 0.05) is 18.1 Å². The Bertz CT molecular complexity index is 785. The number of hydrogen-bond donors (Lipinski definition) is 0. The molecule has 1 amide bonds. The molecule has 0 aliphatic heterocycles. The molecule has 1 heterocycles. The van der Waals surface area contributed by atoms with E-state index in [2.05, 4.69) is 18.2 Å². The lowest BCUT2D eigenvalue weighted by atomic mass is 10.3. The molecule has 0 radical (unpaired) electrons. The zero-order chi connectivity index (χ0) is 18.8. The fourth-order valence-corrected chi connectivity index (χ4v) is 5.37. The Morgan fingerprint density at radius 3 is 2.54 bits per heavy atom. The third-order valence-corrected chi connectivity index (χ3v) is 6.88. The highest BCUT2D eigenvalue weighted by molar-refractivity contribution is 7.87. The molecule has 0 aliphatic carbocycles. The molecular formula is C19H28N2O3S2. The second kappa shape index (κ2) is 11.3. The molecule has 0 saturated heterocycles. The highest BCUT2D eigenvalue weighted by Crippen LogP contribution is 2.16. The van der Waals surface area contributed by atoms with E-state index >= 15 is 0 Å². The smallest absolute Gasteiger partial charge is 0.439 e. The van der Waals surface area contributed by atoms with E-state index in [9.17, 15) is 9.59 Å². The first-order valence-corrected chi connectivity index (χ1v) is 11.6. The Morgan fingerprint density at radius 1 is 1.15 bits per heavy atom. The molecule has 26 heavy (non-hydrogen) atoms. The van der Waals surface area contributed by atoms with Gasteiger partial charge in [-0.25, -0.2) is 4.79 Å². The Kier molecular flexibility index (Phi) is 9.05. The number of ether oxygens (including phenoxy) is 1. The molecule has 0 saturated carbocycles. The summed E-state index contributed by atoms with van der Waals surface area (Å²) in [6, 6.07) is 7.75. The van der Waals surface area contributed by atoms with Crippen molar-refractivity contribution in [3.05, 3.63) is 33.9 Å². The number of fused-ring (bicyclic) bond motifs is 1. The van der Waals surface area contributed by atoms with Gasteiger partial charge in [0.15, 0.2) is 0 Å². The number of nitrogens with zero attached hydrogens (tertiary/aromatic N) is 2. The van der Waals surface area contributed by atoms with Gasteiger partial charge in [-0.2, -0.15) is 4.36 Å². The lowest BCUT2D eigenvalue weighted by Gasteiger charge is -2.07. The number of hydrogen-bond acceptors (Lipinski definition) is 4. The number of aryl methyl sites for hydroxylation is 1. The Balaban J connectivity index is 1.84. The van der Waals surface area contributed by atoms with Crippen molar-refractivity contribution in [2.75, 3.05) is 18.1 Å². The third kappa shape index (κ3) is 6.36. The summed E-state index contributed by atoms with van der Waals surface area (Å²) in [4.78, 5) is 24.1. The summed E-state index contributed by atoms with van der Waals surface area (Å²) in [5.74, 6) is 1.95. The summed E-state index contributed by atoms with van der Waals surface area (Å²) in [5.41, 5.74) is 0.944. The van der Waals surface area contributed by atoms with Crippen LogP contribution in [0.4, 0.5) is 4.79 Å². The quantitative estimate of drug-likeness (QED) is 0.531. The van der Waals surface area contributed by atoms with E-state index in [-0.39, 0.29) is 22.2 Å². The van der Waals surface area contributed by atoms with E-state index in [0.29, 0.717) is 13.0 Å². The van der Waals surface area contributed by atoms with Gasteiger partial charge in [-0.3, -0.25) is 9.36 Å². The largest absolute Gasteiger partial charge is 0.447 e. The number of carbonyl (C=O) groups is 1. The fraction of sp³-hybridized carbons (Fsp3) is 0.579. The number of carbonyl (C=O) groups excluding carboxylic acids is 1. The van der Waals surface area contributed by atoms with Crippen LogP contribution < -0.4 is 4.87 Å². The van der Waals surface area contributed by atoms with Crippen LogP contribution in [0.1, 0.15) is 46.0 Å². The van der Waals surface area contributed by atoms with Gasteiger partial charge in [0.05, 0.1) is 16.8 Å². The van der Waals surface area contributed by atoms with Crippen molar-refractivity contribution >= 4 is 38.3 Å². The zero-order valence-electron chi connectivity index (χ0n) is 15.6. The molecule has 0 fully saturated rings. The van der Waals surface area contributed by atoms with E-state index in [1.807, 2.05) is 24.3 Å². The lowest BCUT2D eigenvalue weighted by Crippen LogP contribution is -2.15. The molecule has 0 atom stereocenters. The van der Waals surface area contributed by atoms with Crippen LogP contribution in [0.2, 0.25) is 0 Å². The van der Waals surface area contributed by atoms with Crippen LogP contribution in [0.15, 0.2) is 33.4 Å².